The maximum atomic E-state index is 12.6. The highest BCUT2D eigenvalue weighted by molar-refractivity contribution is 7.89. The zero-order chi connectivity index (χ0) is 16.8. The lowest BCUT2D eigenvalue weighted by atomic mass is 10.0. The van der Waals surface area contributed by atoms with E-state index in [4.69, 9.17) is 11.6 Å². The number of nitro benzene ring substituents is 1. The molecule has 2 aliphatic heterocycles. The molecule has 1 aromatic rings. The lowest BCUT2D eigenvalue weighted by Gasteiger charge is -2.29. The Morgan fingerprint density at radius 1 is 1.29 bits per heavy atom. The monoisotopic (exact) mass is 395 g/mol. The van der Waals surface area contributed by atoms with Crippen LogP contribution in [0.4, 0.5) is 5.69 Å². The summed E-state index contributed by atoms with van der Waals surface area (Å²) in [6.07, 6.45) is 3.59. The molecule has 0 amide bonds. The van der Waals surface area contributed by atoms with Crippen molar-refractivity contribution in [2.75, 3.05) is 0 Å². The average Bonchev–Trinajstić information content (AvgIpc) is 2.79. The molecule has 2 aliphatic rings. The van der Waals surface area contributed by atoms with Crippen molar-refractivity contribution in [3.05, 3.63) is 32.8 Å². The number of rotatable bonds is 4. The molecular formula is C14H19Cl2N3O4S. The Morgan fingerprint density at radius 2 is 1.88 bits per heavy atom. The van der Waals surface area contributed by atoms with Gasteiger partial charge in [0.25, 0.3) is 5.69 Å². The molecule has 134 valence electrons. The van der Waals surface area contributed by atoms with Gasteiger partial charge in [-0.2, -0.15) is 0 Å². The van der Waals surface area contributed by atoms with Crippen LogP contribution in [0.15, 0.2) is 17.0 Å². The van der Waals surface area contributed by atoms with E-state index in [-0.39, 0.29) is 39.6 Å². The standard InChI is InChI=1S/C14H18ClN3O4S.ClH/c1-8-13(15)6-12(7-14(8)18(19)20)23(21,22)17-11-4-9-2-3-10(5-11)16-9;/h6-7,9-11,16-17H,2-5H2,1H3;1H. The summed E-state index contributed by atoms with van der Waals surface area (Å²) < 4.78 is 27.8. The predicted molar refractivity (Wildman–Crippen MR) is 93.4 cm³/mol. The SMILES string of the molecule is Cc1c(Cl)cc(S(=O)(=O)NC2CC3CCC(C2)N3)cc1[N+](=O)[O-].Cl. The van der Waals surface area contributed by atoms with Crippen molar-refractivity contribution in [1.29, 1.82) is 0 Å². The molecule has 7 nitrogen and oxygen atoms in total. The lowest BCUT2D eigenvalue weighted by molar-refractivity contribution is -0.385. The molecule has 24 heavy (non-hydrogen) atoms. The summed E-state index contributed by atoms with van der Waals surface area (Å²) in [6, 6.07) is 2.87. The van der Waals surface area contributed by atoms with Gasteiger partial charge >= 0.3 is 0 Å². The first-order valence-corrected chi connectivity index (χ1v) is 9.35. The van der Waals surface area contributed by atoms with E-state index in [2.05, 4.69) is 10.0 Å². The zero-order valence-corrected chi connectivity index (χ0v) is 15.4. The van der Waals surface area contributed by atoms with Crippen LogP contribution in [0.2, 0.25) is 5.02 Å². The van der Waals surface area contributed by atoms with Crippen LogP contribution in [-0.2, 0) is 10.0 Å². The van der Waals surface area contributed by atoms with Crippen molar-refractivity contribution in [1.82, 2.24) is 10.0 Å². The number of piperidine rings is 1. The van der Waals surface area contributed by atoms with Gasteiger partial charge in [0.05, 0.1) is 14.8 Å². The summed E-state index contributed by atoms with van der Waals surface area (Å²) in [4.78, 5) is 10.3. The average molecular weight is 396 g/mol. The Labute approximate surface area is 151 Å². The van der Waals surface area contributed by atoms with Gasteiger partial charge in [-0.05, 0) is 38.7 Å². The number of nitrogens with one attached hydrogen (secondary N) is 2. The molecule has 3 rings (SSSR count). The Kier molecular flexibility index (Phi) is 5.76. The number of fused-ring (bicyclic) bond motifs is 2. The van der Waals surface area contributed by atoms with Gasteiger partial charge in [0, 0.05) is 29.8 Å². The third-order valence-corrected chi connectivity index (χ3v) is 6.48. The second-order valence-corrected chi connectivity index (χ2v) is 8.35. The van der Waals surface area contributed by atoms with Crippen molar-refractivity contribution >= 4 is 39.7 Å². The number of hydrogen-bond acceptors (Lipinski definition) is 5. The molecule has 0 aliphatic carbocycles. The minimum Gasteiger partial charge on any atom is -0.311 e. The summed E-state index contributed by atoms with van der Waals surface area (Å²) in [5.41, 5.74) is -0.0289. The smallest absolute Gasteiger partial charge is 0.275 e. The van der Waals surface area contributed by atoms with E-state index in [0.29, 0.717) is 12.1 Å². The highest BCUT2D eigenvalue weighted by Crippen LogP contribution is 2.31. The molecule has 2 saturated heterocycles. The molecular weight excluding hydrogens is 377 g/mol. The van der Waals surface area contributed by atoms with Crippen LogP contribution in [0.1, 0.15) is 31.2 Å². The van der Waals surface area contributed by atoms with E-state index in [9.17, 15) is 18.5 Å². The van der Waals surface area contributed by atoms with Crippen LogP contribution in [0.25, 0.3) is 0 Å². The van der Waals surface area contributed by atoms with Gasteiger partial charge in [-0.3, -0.25) is 10.1 Å². The summed E-state index contributed by atoms with van der Waals surface area (Å²) in [5, 5.41) is 14.6. The van der Waals surface area contributed by atoms with Crippen LogP contribution < -0.4 is 10.0 Å². The molecule has 2 atom stereocenters. The number of sulfonamides is 1. The van der Waals surface area contributed by atoms with E-state index in [1.807, 2.05) is 0 Å². The summed E-state index contributed by atoms with van der Waals surface area (Å²) in [7, 11) is -3.84. The number of nitro groups is 1. The fraction of sp³-hybridized carbons (Fsp3) is 0.571. The fourth-order valence-corrected chi connectivity index (χ4v) is 5.01. The van der Waals surface area contributed by atoms with Crippen LogP contribution in [0, 0.1) is 17.0 Å². The molecule has 2 unspecified atom stereocenters. The molecule has 1 aromatic carbocycles. The Balaban J connectivity index is 0.00000208. The van der Waals surface area contributed by atoms with Crippen LogP contribution in [-0.4, -0.2) is 31.5 Å². The second-order valence-electron chi connectivity index (χ2n) is 6.23. The summed E-state index contributed by atoms with van der Waals surface area (Å²) in [5.74, 6) is 0. The van der Waals surface area contributed by atoms with E-state index in [1.165, 1.54) is 13.0 Å². The Morgan fingerprint density at radius 3 is 2.42 bits per heavy atom. The first-order chi connectivity index (χ1) is 10.8. The van der Waals surface area contributed by atoms with Crippen LogP contribution >= 0.6 is 24.0 Å². The summed E-state index contributed by atoms with van der Waals surface area (Å²) in [6.45, 7) is 1.49. The van der Waals surface area contributed by atoms with Crippen molar-refractivity contribution in [3.63, 3.8) is 0 Å². The van der Waals surface area contributed by atoms with Gasteiger partial charge in [-0.25, -0.2) is 13.1 Å². The molecule has 2 N–H and O–H groups in total. The fourth-order valence-electron chi connectivity index (χ4n) is 3.43. The molecule has 2 heterocycles. The van der Waals surface area contributed by atoms with E-state index in [0.717, 1.165) is 31.7 Å². The lowest BCUT2D eigenvalue weighted by Crippen LogP contribution is -2.47. The first kappa shape index (κ1) is 19.4. The van der Waals surface area contributed by atoms with Gasteiger partial charge in [0.15, 0.2) is 0 Å². The number of nitrogens with zero attached hydrogens (tertiary/aromatic N) is 1. The molecule has 0 radical (unpaired) electrons. The van der Waals surface area contributed by atoms with Crippen molar-refractivity contribution in [2.24, 2.45) is 0 Å². The maximum absolute atomic E-state index is 12.6. The normalized spacial score (nSPS) is 26.0. The number of benzene rings is 1. The predicted octanol–water partition coefficient (Wildman–Crippen LogP) is 2.54. The van der Waals surface area contributed by atoms with Gasteiger partial charge in [-0.1, -0.05) is 11.6 Å². The molecule has 2 fully saturated rings. The molecule has 0 aromatic heterocycles. The highest BCUT2D eigenvalue weighted by atomic mass is 35.5. The largest absolute Gasteiger partial charge is 0.311 e. The van der Waals surface area contributed by atoms with Gasteiger partial charge in [0.1, 0.15) is 0 Å². The Hall–Kier alpha value is -0.930. The molecule has 0 spiro atoms. The molecule has 0 saturated carbocycles. The second kappa shape index (κ2) is 7.13. The Bertz CT molecular complexity index is 745. The first-order valence-electron chi connectivity index (χ1n) is 7.49. The van der Waals surface area contributed by atoms with E-state index < -0.39 is 14.9 Å². The van der Waals surface area contributed by atoms with Crippen molar-refractivity contribution in [3.8, 4) is 0 Å². The molecule has 2 bridgehead atoms. The number of halogens is 2. The minimum absolute atomic E-state index is 0. The third kappa shape index (κ3) is 3.83. The summed E-state index contributed by atoms with van der Waals surface area (Å²) >= 11 is 5.96. The topological polar surface area (TPSA) is 101 Å². The van der Waals surface area contributed by atoms with Gasteiger partial charge in [0.2, 0.25) is 10.0 Å². The highest BCUT2D eigenvalue weighted by Gasteiger charge is 2.35. The number of hydrogen-bond donors (Lipinski definition) is 2. The molecule has 10 heteroatoms. The van der Waals surface area contributed by atoms with Gasteiger partial charge in [-0.15, -0.1) is 12.4 Å². The quantitative estimate of drug-likeness (QED) is 0.602. The van der Waals surface area contributed by atoms with Gasteiger partial charge < -0.3 is 5.32 Å². The minimum atomic E-state index is -3.84. The van der Waals surface area contributed by atoms with Crippen LogP contribution in [0.5, 0.6) is 0 Å². The maximum Gasteiger partial charge on any atom is 0.275 e. The van der Waals surface area contributed by atoms with Crippen molar-refractivity contribution < 1.29 is 13.3 Å². The zero-order valence-electron chi connectivity index (χ0n) is 13.0. The van der Waals surface area contributed by atoms with Crippen molar-refractivity contribution in [2.45, 2.75) is 55.6 Å². The third-order valence-electron chi connectivity index (χ3n) is 4.59. The van der Waals surface area contributed by atoms with Crippen LogP contribution in [0.3, 0.4) is 0 Å². The van der Waals surface area contributed by atoms with E-state index in [1.54, 1.807) is 0 Å². The van der Waals surface area contributed by atoms with E-state index >= 15 is 0 Å².